The van der Waals surface area contributed by atoms with Gasteiger partial charge in [0.05, 0.1) is 11.4 Å². The number of nitrogens with two attached hydrogens (primary N) is 1. The number of hydrogen-bond donors (Lipinski definition) is 2. The predicted octanol–water partition coefficient (Wildman–Crippen LogP) is 1.88. The van der Waals surface area contributed by atoms with Crippen LogP contribution in [0.4, 0.5) is 11.4 Å². The van der Waals surface area contributed by atoms with Crippen LogP contribution in [0.3, 0.4) is 0 Å². The van der Waals surface area contributed by atoms with E-state index >= 15 is 0 Å². The Kier molecular flexibility index (Phi) is 3.20. The Morgan fingerprint density at radius 3 is 3.00 bits per heavy atom. The molecule has 0 fully saturated rings. The molecular weight excluding hydrogens is 164 g/mol. The highest BCUT2D eigenvalue weighted by molar-refractivity contribution is 5.67. The van der Waals surface area contributed by atoms with Crippen molar-refractivity contribution >= 4 is 11.4 Å². The molecule has 0 aliphatic rings. The van der Waals surface area contributed by atoms with Crippen molar-refractivity contribution in [2.24, 2.45) is 0 Å². The maximum atomic E-state index is 5.69. The summed E-state index contributed by atoms with van der Waals surface area (Å²) in [6.45, 7) is 4.08. The number of nitrogen functional groups attached to an aromatic ring is 1. The molecule has 0 amide bonds. The maximum absolute atomic E-state index is 5.69. The summed E-state index contributed by atoms with van der Waals surface area (Å²) >= 11 is 0. The van der Waals surface area contributed by atoms with Crippen LogP contribution in [0.15, 0.2) is 30.9 Å². The van der Waals surface area contributed by atoms with Crippen LogP contribution in [-0.2, 0) is 0 Å². The summed E-state index contributed by atoms with van der Waals surface area (Å²) in [4.78, 5) is 0. The molecule has 70 valence electrons. The van der Waals surface area contributed by atoms with Crippen LogP contribution >= 0.6 is 0 Å². The molecular formula is C10H14N2O. The second kappa shape index (κ2) is 4.40. The van der Waals surface area contributed by atoms with Gasteiger partial charge in [-0.25, -0.2) is 0 Å². The van der Waals surface area contributed by atoms with E-state index in [2.05, 4.69) is 11.9 Å². The molecule has 1 aromatic carbocycles. The lowest BCUT2D eigenvalue weighted by Crippen LogP contribution is -1.98. The standard InChI is InChI=1S/C10H14N2O/c1-3-6-13-8-4-5-9(11)10(7-8)12-2/h3-5,7,12H,1,6,11H2,2H3. The van der Waals surface area contributed by atoms with E-state index in [1.807, 2.05) is 25.2 Å². The summed E-state index contributed by atoms with van der Waals surface area (Å²) < 4.78 is 5.34. The van der Waals surface area contributed by atoms with Gasteiger partial charge < -0.3 is 15.8 Å². The molecule has 0 radical (unpaired) electrons. The van der Waals surface area contributed by atoms with Crippen molar-refractivity contribution < 1.29 is 4.74 Å². The zero-order chi connectivity index (χ0) is 9.68. The first-order chi connectivity index (χ1) is 6.27. The van der Waals surface area contributed by atoms with Crippen molar-refractivity contribution in [3.05, 3.63) is 30.9 Å². The Balaban J connectivity index is 2.79. The normalized spacial score (nSPS) is 9.31. The maximum Gasteiger partial charge on any atom is 0.121 e. The van der Waals surface area contributed by atoms with Crippen LogP contribution in [0.5, 0.6) is 5.75 Å². The van der Waals surface area contributed by atoms with Gasteiger partial charge in [-0.2, -0.15) is 0 Å². The van der Waals surface area contributed by atoms with Gasteiger partial charge >= 0.3 is 0 Å². The largest absolute Gasteiger partial charge is 0.489 e. The summed E-state index contributed by atoms with van der Waals surface area (Å²) in [6, 6.07) is 5.50. The SMILES string of the molecule is C=CCOc1ccc(N)c(NC)c1. The number of rotatable bonds is 4. The zero-order valence-corrected chi connectivity index (χ0v) is 7.71. The van der Waals surface area contributed by atoms with E-state index in [1.165, 1.54) is 0 Å². The number of ether oxygens (including phenoxy) is 1. The van der Waals surface area contributed by atoms with Crippen LogP contribution in [0.25, 0.3) is 0 Å². The van der Waals surface area contributed by atoms with E-state index < -0.39 is 0 Å². The molecule has 0 saturated carbocycles. The minimum absolute atomic E-state index is 0.507. The van der Waals surface area contributed by atoms with Crippen molar-refractivity contribution in [2.45, 2.75) is 0 Å². The van der Waals surface area contributed by atoms with E-state index in [0.717, 1.165) is 11.4 Å². The second-order valence-electron chi connectivity index (χ2n) is 2.60. The number of hydrogen-bond acceptors (Lipinski definition) is 3. The van der Waals surface area contributed by atoms with Gasteiger partial charge in [0.15, 0.2) is 0 Å². The molecule has 0 aliphatic heterocycles. The van der Waals surface area contributed by atoms with Crippen molar-refractivity contribution in [1.82, 2.24) is 0 Å². The van der Waals surface area contributed by atoms with Crippen LogP contribution < -0.4 is 15.8 Å². The van der Waals surface area contributed by atoms with Crippen molar-refractivity contribution in [2.75, 3.05) is 24.7 Å². The molecule has 0 unspecified atom stereocenters. The molecule has 0 bridgehead atoms. The first-order valence-electron chi connectivity index (χ1n) is 4.09. The molecule has 1 aromatic rings. The van der Waals surface area contributed by atoms with E-state index in [9.17, 15) is 0 Å². The van der Waals surface area contributed by atoms with E-state index in [1.54, 1.807) is 6.08 Å². The highest BCUT2D eigenvalue weighted by Crippen LogP contribution is 2.23. The number of benzene rings is 1. The highest BCUT2D eigenvalue weighted by Gasteiger charge is 1.98. The summed E-state index contributed by atoms with van der Waals surface area (Å²) in [6.07, 6.45) is 1.70. The molecule has 0 heterocycles. The molecule has 0 aromatic heterocycles. The van der Waals surface area contributed by atoms with Gasteiger partial charge in [0, 0.05) is 13.1 Å². The lowest BCUT2D eigenvalue weighted by molar-refractivity contribution is 0.363. The molecule has 3 nitrogen and oxygen atoms in total. The Morgan fingerprint density at radius 1 is 1.62 bits per heavy atom. The minimum atomic E-state index is 0.507. The van der Waals surface area contributed by atoms with Gasteiger partial charge in [0.1, 0.15) is 12.4 Å². The number of anilines is 2. The van der Waals surface area contributed by atoms with Crippen LogP contribution in [-0.4, -0.2) is 13.7 Å². The third kappa shape index (κ3) is 2.40. The molecule has 3 heteroatoms. The third-order valence-electron chi connectivity index (χ3n) is 1.66. The van der Waals surface area contributed by atoms with Crippen molar-refractivity contribution in [3.63, 3.8) is 0 Å². The third-order valence-corrected chi connectivity index (χ3v) is 1.66. The van der Waals surface area contributed by atoms with Gasteiger partial charge in [-0.15, -0.1) is 0 Å². The fourth-order valence-corrected chi connectivity index (χ4v) is 0.997. The first-order valence-corrected chi connectivity index (χ1v) is 4.09. The average Bonchev–Trinajstić information content (AvgIpc) is 2.16. The number of nitrogens with one attached hydrogen (secondary N) is 1. The highest BCUT2D eigenvalue weighted by atomic mass is 16.5. The lowest BCUT2D eigenvalue weighted by Gasteiger charge is -2.08. The Labute approximate surface area is 78.2 Å². The molecule has 1 rings (SSSR count). The van der Waals surface area contributed by atoms with Gasteiger partial charge in [-0.1, -0.05) is 12.7 Å². The van der Waals surface area contributed by atoms with Gasteiger partial charge in [0.2, 0.25) is 0 Å². The van der Waals surface area contributed by atoms with E-state index in [4.69, 9.17) is 10.5 Å². The van der Waals surface area contributed by atoms with Crippen LogP contribution in [0, 0.1) is 0 Å². The summed E-state index contributed by atoms with van der Waals surface area (Å²) in [7, 11) is 1.82. The molecule has 0 atom stereocenters. The van der Waals surface area contributed by atoms with Gasteiger partial charge in [-0.3, -0.25) is 0 Å². The predicted molar refractivity (Wildman–Crippen MR) is 56.1 cm³/mol. The molecule has 0 spiro atoms. The molecule has 0 aliphatic carbocycles. The minimum Gasteiger partial charge on any atom is -0.489 e. The summed E-state index contributed by atoms with van der Waals surface area (Å²) in [5.74, 6) is 0.790. The van der Waals surface area contributed by atoms with E-state index in [-0.39, 0.29) is 0 Å². The quantitative estimate of drug-likeness (QED) is 0.546. The summed E-state index contributed by atoms with van der Waals surface area (Å²) in [5, 5.41) is 2.98. The first kappa shape index (κ1) is 9.45. The Hall–Kier alpha value is -1.64. The molecule has 13 heavy (non-hydrogen) atoms. The topological polar surface area (TPSA) is 47.3 Å². The van der Waals surface area contributed by atoms with Crippen molar-refractivity contribution in [1.29, 1.82) is 0 Å². The van der Waals surface area contributed by atoms with Crippen LogP contribution in [0.2, 0.25) is 0 Å². The lowest BCUT2D eigenvalue weighted by atomic mass is 10.2. The summed E-state index contributed by atoms with van der Waals surface area (Å²) in [5.41, 5.74) is 7.28. The van der Waals surface area contributed by atoms with Gasteiger partial charge in [0.25, 0.3) is 0 Å². The Bertz CT molecular complexity index is 297. The average molecular weight is 178 g/mol. The Morgan fingerprint density at radius 2 is 2.38 bits per heavy atom. The van der Waals surface area contributed by atoms with Crippen molar-refractivity contribution in [3.8, 4) is 5.75 Å². The second-order valence-corrected chi connectivity index (χ2v) is 2.60. The smallest absolute Gasteiger partial charge is 0.121 e. The van der Waals surface area contributed by atoms with E-state index in [0.29, 0.717) is 12.3 Å². The fourth-order valence-electron chi connectivity index (χ4n) is 0.997. The molecule has 3 N–H and O–H groups in total. The molecule has 0 saturated heterocycles. The van der Waals surface area contributed by atoms with Crippen LogP contribution in [0.1, 0.15) is 0 Å². The van der Waals surface area contributed by atoms with Gasteiger partial charge in [-0.05, 0) is 12.1 Å². The fraction of sp³-hybridized carbons (Fsp3) is 0.200. The zero-order valence-electron chi connectivity index (χ0n) is 7.71. The monoisotopic (exact) mass is 178 g/mol.